The first-order valence-electron chi connectivity index (χ1n) is 2.52. The molecule has 1 nitrogen and oxygen atoms in total. The Balaban J connectivity index is 3.12. The van der Waals surface area contributed by atoms with Crippen molar-refractivity contribution >= 4 is 12.6 Å². The zero-order valence-electron chi connectivity index (χ0n) is 4.70. The van der Waals surface area contributed by atoms with Gasteiger partial charge in [-0.05, 0) is 18.2 Å². The summed E-state index contributed by atoms with van der Waals surface area (Å²) >= 11 is 4.06. The standard InChI is InChI=1S/C7H5NS/c8-5-6-2-1-3-7(9)4-6/h1-4,9H/i9+3. The molecule has 9 heavy (non-hydrogen) atoms. The number of hydrogen-bond donors (Lipinski definition) is 1. The Bertz CT molecular complexity index is 249. The van der Waals surface area contributed by atoms with Crippen molar-refractivity contribution in [1.82, 2.24) is 0 Å². The van der Waals surface area contributed by atoms with Gasteiger partial charge in [-0.15, -0.1) is 12.6 Å². The van der Waals surface area contributed by atoms with Crippen LogP contribution in [0.4, 0.5) is 0 Å². The second-order valence-corrected chi connectivity index (χ2v) is 2.18. The summed E-state index contributed by atoms with van der Waals surface area (Å²) in [6.45, 7) is 0. The molecule has 0 saturated heterocycles. The topological polar surface area (TPSA) is 23.8 Å². The van der Waals surface area contributed by atoms with Crippen LogP contribution >= 0.6 is 12.6 Å². The van der Waals surface area contributed by atoms with Gasteiger partial charge < -0.3 is 0 Å². The van der Waals surface area contributed by atoms with Crippen LogP contribution in [0.3, 0.4) is 0 Å². The van der Waals surface area contributed by atoms with E-state index in [2.05, 4.69) is 12.6 Å². The third-order valence-corrected chi connectivity index (χ3v) is 1.25. The lowest BCUT2D eigenvalue weighted by Gasteiger charge is -1.87. The van der Waals surface area contributed by atoms with Crippen LogP contribution in [0.1, 0.15) is 5.56 Å². The molecule has 1 aromatic carbocycles. The smallest absolute Gasteiger partial charge is 0.0992 e. The highest BCUT2D eigenvalue weighted by Crippen LogP contribution is 2.06. The first-order chi connectivity index (χ1) is 4.33. The Kier molecular flexibility index (Phi) is 1.76. The Morgan fingerprint density at radius 1 is 1.44 bits per heavy atom. The van der Waals surface area contributed by atoms with Gasteiger partial charge in [0.05, 0.1) is 11.6 Å². The van der Waals surface area contributed by atoms with E-state index in [-0.39, 0.29) is 0 Å². The summed E-state index contributed by atoms with van der Waals surface area (Å²) in [4.78, 5) is 0.828. The number of hydrogen-bond acceptors (Lipinski definition) is 2. The molecule has 0 aromatic heterocycles. The fourth-order valence-corrected chi connectivity index (χ4v) is 0.801. The number of thiol groups is 1. The summed E-state index contributed by atoms with van der Waals surface area (Å²) in [6.07, 6.45) is 0. The van der Waals surface area contributed by atoms with Crippen LogP contribution < -0.4 is 0 Å². The van der Waals surface area contributed by atoms with E-state index < -0.39 is 0 Å². The maximum Gasteiger partial charge on any atom is 0.0992 e. The molecule has 2 heteroatoms. The monoisotopic (exact) mass is 138 g/mol. The molecule has 0 heterocycles. The average molecular weight is 138 g/mol. The van der Waals surface area contributed by atoms with E-state index in [9.17, 15) is 0 Å². The first-order valence-corrected chi connectivity index (χ1v) is 2.97. The summed E-state index contributed by atoms with van der Waals surface area (Å²) in [5.74, 6) is 0. The van der Waals surface area contributed by atoms with Crippen LogP contribution in [0.15, 0.2) is 29.2 Å². The molecule has 0 unspecified atom stereocenters. The van der Waals surface area contributed by atoms with E-state index in [0.717, 1.165) is 4.90 Å². The lowest BCUT2D eigenvalue weighted by Crippen LogP contribution is -1.70. The minimum atomic E-state index is 0.655. The quantitative estimate of drug-likeness (QED) is 0.543. The number of benzene rings is 1. The van der Waals surface area contributed by atoms with Crippen molar-refractivity contribution < 1.29 is 0 Å². The van der Waals surface area contributed by atoms with Crippen LogP contribution in [0.25, 0.3) is 0 Å². The van der Waals surface area contributed by atoms with Gasteiger partial charge in [0.1, 0.15) is 0 Å². The zero-order chi connectivity index (χ0) is 6.69. The minimum absolute atomic E-state index is 0.655. The predicted molar refractivity (Wildman–Crippen MR) is 38.4 cm³/mol. The van der Waals surface area contributed by atoms with Gasteiger partial charge in [0.25, 0.3) is 0 Å². The summed E-state index contributed by atoms with van der Waals surface area (Å²) < 4.78 is 0. The molecule has 0 radical (unpaired) electrons. The molecule has 0 aliphatic carbocycles. The third kappa shape index (κ3) is 1.48. The summed E-state index contributed by atoms with van der Waals surface area (Å²) in [5.41, 5.74) is 0.655. The SMILES string of the molecule is N#Cc1cccc([35SH])c1. The highest BCUT2D eigenvalue weighted by atomic mass is 35.0. The second-order valence-electron chi connectivity index (χ2n) is 1.66. The molecule has 0 amide bonds. The Hall–Kier alpha value is -0.940. The van der Waals surface area contributed by atoms with Crippen molar-refractivity contribution in [3.05, 3.63) is 29.8 Å². The maximum absolute atomic E-state index is 8.38. The number of nitrogens with zero attached hydrogens (tertiary/aromatic N) is 1. The van der Waals surface area contributed by atoms with E-state index in [0.29, 0.717) is 5.56 Å². The van der Waals surface area contributed by atoms with Crippen molar-refractivity contribution in [3.8, 4) is 6.07 Å². The average Bonchev–Trinajstić information content (AvgIpc) is 1.88. The Morgan fingerprint density at radius 3 is 2.67 bits per heavy atom. The van der Waals surface area contributed by atoms with Crippen molar-refractivity contribution in [2.45, 2.75) is 4.90 Å². The molecular formula is C7H5NS. The van der Waals surface area contributed by atoms with Gasteiger partial charge in [-0.2, -0.15) is 5.26 Å². The van der Waals surface area contributed by atoms with Gasteiger partial charge >= 0.3 is 0 Å². The third-order valence-electron chi connectivity index (χ3n) is 0.975. The van der Waals surface area contributed by atoms with Crippen LogP contribution in [0.2, 0.25) is 0 Å². The molecule has 0 N–H and O–H groups in total. The van der Waals surface area contributed by atoms with Crippen molar-refractivity contribution in [2.24, 2.45) is 0 Å². The van der Waals surface area contributed by atoms with Gasteiger partial charge in [0.2, 0.25) is 0 Å². The van der Waals surface area contributed by atoms with Gasteiger partial charge in [-0.25, -0.2) is 0 Å². The molecule has 0 aliphatic heterocycles. The molecule has 0 fully saturated rings. The zero-order valence-corrected chi connectivity index (χ0v) is 5.60. The highest BCUT2D eigenvalue weighted by Gasteiger charge is 1.86. The minimum Gasteiger partial charge on any atom is -0.192 e. The van der Waals surface area contributed by atoms with Crippen LogP contribution in [0.5, 0.6) is 0 Å². The molecular weight excluding hydrogens is 133 g/mol. The lowest BCUT2D eigenvalue weighted by molar-refractivity contribution is 1.41. The second kappa shape index (κ2) is 2.56. The fourth-order valence-electron chi connectivity index (χ4n) is 0.575. The lowest BCUT2D eigenvalue weighted by atomic mass is 10.2. The van der Waals surface area contributed by atoms with Gasteiger partial charge in [0, 0.05) is 4.90 Å². The van der Waals surface area contributed by atoms with E-state index in [4.69, 9.17) is 5.26 Å². The van der Waals surface area contributed by atoms with Gasteiger partial charge in [-0.3, -0.25) is 0 Å². The summed E-state index contributed by atoms with van der Waals surface area (Å²) in [7, 11) is 0. The van der Waals surface area contributed by atoms with Gasteiger partial charge in [0.15, 0.2) is 0 Å². The summed E-state index contributed by atoms with van der Waals surface area (Å²) in [5, 5.41) is 8.38. The normalized spacial score (nSPS) is 8.44. The Morgan fingerprint density at radius 2 is 2.22 bits per heavy atom. The van der Waals surface area contributed by atoms with Crippen LogP contribution in [0, 0.1) is 11.3 Å². The van der Waals surface area contributed by atoms with Crippen molar-refractivity contribution in [2.75, 3.05) is 0 Å². The summed E-state index contributed by atoms with van der Waals surface area (Å²) in [6, 6.07) is 9.14. The Labute approximate surface area is 59.3 Å². The van der Waals surface area contributed by atoms with E-state index in [1.54, 1.807) is 18.2 Å². The van der Waals surface area contributed by atoms with E-state index in [1.165, 1.54) is 0 Å². The molecule has 0 atom stereocenters. The van der Waals surface area contributed by atoms with Gasteiger partial charge in [-0.1, -0.05) is 6.07 Å². The molecule has 1 aromatic rings. The molecule has 1 rings (SSSR count). The van der Waals surface area contributed by atoms with Crippen molar-refractivity contribution in [1.29, 1.82) is 5.26 Å². The fraction of sp³-hybridized carbons (Fsp3) is 0. The first kappa shape index (κ1) is 6.18. The van der Waals surface area contributed by atoms with E-state index >= 15 is 0 Å². The molecule has 44 valence electrons. The van der Waals surface area contributed by atoms with Crippen LogP contribution in [-0.2, 0) is 0 Å². The maximum atomic E-state index is 8.38. The molecule has 0 bridgehead atoms. The molecule has 0 saturated carbocycles. The predicted octanol–water partition coefficient (Wildman–Crippen LogP) is 1.85. The highest BCUT2D eigenvalue weighted by molar-refractivity contribution is 7.80. The van der Waals surface area contributed by atoms with E-state index in [1.807, 2.05) is 12.1 Å². The largest absolute Gasteiger partial charge is 0.192 e. The van der Waals surface area contributed by atoms with Crippen molar-refractivity contribution in [3.63, 3.8) is 0 Å². The molecule has 0 spiro atoms. The van der Waals surface area contributed by atoms with Crippen LogP contribution in [-0.4, -0.2) is 0 Å². The number of nitriles is 1. The number of rotatable bonds is 0. The molecule has 0 aliphatic rings.